The van der Waals surface area contributed by atoms with Gasteiger partial charge in [0, 0.05) is 11.1 Å². The van der Waals surface area contributed by atoms with E-state index in [-0.39, 0.29) is 5.91 Å². The van der Waals surface area contributed by atoms with Crippen LogP contribution < -0.4 is 15.5 Å². The molecule has 0 saturated heterocycles. The molecule has 2 amide bonds. The molecule has 2 N–H and O–H groups in total. The number of amides is 2. The highest BCUT2D eigenvalue weighted by Crippen LogP contribution is 2.32. The van der Waals surface area contributed by atoms with Gasteiger partial charge < -0.3 is 10.1 Å². The number of hydrazone groups is 1. The maximum atomic E-state index is 12.6. The fourth-order valence-corrected chi connectivity index (χ4v) is 3.05. The van der Waals surface area contributed by atoms with Crippen LogP contribution in [0.2, 0.25) is 0 Å². The van der Waals surface area contributed by atoms with Gasteiger partial charge in [-0.2, -0.15) is 5.10 Å². The lowest BCUT2D eigenvalue weighted by atomic mass is 10.1. The SMILES string of the molecule is Cc1cccc(C(=O)NC(Oc2ccc(/C=N/NC(=O)c3ccccc3)cc2)C(Cl)(Cl)Cl)c1. The highest BCUT2D eigenvalue weighted by Gasteiger charge is 2.36. The van der Waals surface area contributed by atoms with Crippen molar-refractivity contribution in [3.8, 4) is 5.75 Å². The number of nitrogens with one attached hydrogen (secondary N) is 2. The number of ether oxygens (including phenoxy) is 1. The Hall–Kier alpha value is -3.06. The van der Waals surface area contributed by atoms with Gasteiger partial charge in [-0.1, -0.05) is 70.7 Å². The summed E-state index contributed by atoms with van der Waals surface area (Å²) in [6.45, 7) is 1.87. The molecule has 1 unspecified atom stereocenters. The van der Waals surface area contributed by atoms with Crippen molar-refractivity contribution in [1.82, 2.24) is 10.7 Å². The molecule has 0 spiro atoms. The van der Waals surface area contributed by atoms with Gasteiger partial charge in [-0.05, 0) is 61.0 Å². The van der Waals surface area contributed by atoms with Crippen LogP contribution in [0.1, 0.15) is 31.8 Å². The number of rotatable bonds is 7. The number of halogens is 3. The van der Waals surface area contributed by atoms with Gasteiger partial charge in [0.25, 0.3) is 11.8 Å². The molecule has 3 aromatic rings. The Morgan fingerprint density at radius 1 is 0.909 bits per heavy atom. The van der Waals surface area contributed by atoms with Gasteiger partial charge in [-0.25, -0.2) is 5.43 Å². The standard InChI is InChI=1S/C24H20Cl3N3O3/c1-16-6-5-9-19(14-16)21(31)29-23(24(25,26)27)33-20-12-10-17(11-13-20)15-28-30-22(32)18-7-3-2-4-8-18/h2-15,23H,1H3,(H,29,31)(H,30,32)/b28-15+. The van der Waals surface area contributed by atoms with Crippen molar-refractivity contribution in [2.45, 2.75) is 16.9 Å². The average Bonchev–Trinajstić information content (AvgIpc) is 2.79. The van der Waals surface area contributed by atoms with E-state index in [2.05, 4.69) is 15.8 Å². The average molecular weight is 505 g/mol. The third-order valence-corrected chi connectivity index (χ3v) is 4.98. The summed E-state index contributed by atoms with van der Waals surface area (Å²) >= 11 is 18.1. The van der Waals surface area contributed by atoms with Crippen LogP contribution in [-0.4, -0.2) is 28.0 Å². The molecule has 0 fully saturated rings. The number of carbonyl (C=O) groups excluding carboxylic acids is 2. The second-order valence-corrected chi connectivity index (χ2v) is 9.39. The van der Waals surface area contributed by atoms with Crippen LogP contribution in [0.3, 0.4) is 0 Å². The zero-order chi connectivity index (χ0) is 23.8. The van der Waals surface area contributed by atoms with Crippen LogP contribution in [0.4, 0.5) is 0 Å². The van der Waals surface area contributed by atoms with Crippen LogP contribution in [0.25, 0.3) is 0 Å². The van der Waals surface area contributed by atoms with E-state index in [4.69, 9.17) is 39.5 Å². The Labute approximate surface area is 206 Å². The molecule has 33 heavy (non-hydrogen) atoms. The van der Waals surface area contributed by atoms with E-state index in [1.807, 2.05) is 19.1 Å². The summed E-state index contributed by atoms with van der Waals surface area (Å²) in [6.07, 6.45) is 0.247. The maximum absolute atomic E-state index is 12.6. The van der Waals surface area contributed by atoms with E-state index in [0.717, 1.165) is 5.56 Å². The second-order valence-electron chi connectivity index (χ2n) is 7.02. The summed E-state index contributed by atoms with van der Waals surface area (Å²) in [6, 6.07) is 22.4. The molecule has 3 rings (SSSR count). The van der Waals surface area contributed by atoms with Crippen molar-refractivity contribution in [2.75, 3.05) is 0 Å². The van der Waals surface area contributed by atoms with Gasteiger partial charge >= 0.3 is 0 Å². The van der Waals surface area contributed by atoms with E-state index >= 15 is 0 Å². The van der Waals surface area contributed by atoms with Crippen LogP contribution in [0, 0.1) is 6.92 Å². The minimum atomic E-state index is -1.92. The molecular weight excluding hydrogens is 485 g/mol. The highest BCUT2D eigenvalue weighted by atomic mass is 35.6. The number of nitrogens with zero attached hydrogens (tertiary/aromatic N) is 1. The lowest BCUT2D eigenvalue weighted by Gasteiger charge is -2.26. The first-order chi connectivity index (χ1) is 15.7. The van der Waals surface area contributed by atoms with Gasteiger partial charge in [0.05, 0.1) is 6.21 Å². The lowest BCUT2D eigenvalue weighted by molar-refractivity contribution is 0.0832. The summed E-state index contributed by atoms with van der Waals surface area (Å²) in [5, 5.41) is 6.54. The number of benzene rings is 3. The fraction of sp³-hybridized carbons (Fsp3) is 0.125. The number of hydrogen-bond acceptors (Lipinski definition) is 4. The van der Waals surface area contributed by atoms with Crippen molar-refractivity contribution in [3.63, 3.8) is 0 Å². The normalized spacial score (nSPS) is 12.2. The van der Waals surface area contributed by atoms with Crippen LogP contribution >= 0.6 is 34.8 Å². The molecule has 0 bridgehead atoms. The van der Waals surface area contributed by atoms with Gasteiger partial charge in [-0.15, -0.1) is 0 Å². The summed E-state index contributed by atoms with van der Waals surface area (Å²) in [4.78, 5) is 24.6. The van der Waals surface area contributed by atoms with E-state index < -0.39 is 15.9 Å². The van der Waals surface area contributed by atoms with Crippen molar-refractivity contribution in [2.24, 2.45) is 5.10 Å². The second kappa shape index (κ2) is 11.2. The molecular formula is C24H20Cl3N3O3. The first kappa shape index (κ1) is 24.6. The Kier molecular flexibility index (Phi) is 8.33. The molecule has 0 aliphatic carbocycles. The van der Waals surface area contributed by atoms with Crippen molar-refractivity contribution in [1.29, 1.82) is 0 Å². The fourth-order valence-electron chi connectivity index (χ4n) is 2.75. The van der Waals surface area contributed by atoms with E-state index in [9.17, 15) is 9.59 Å². The Bertz CT molecular complexity index is 1130. The predicted molar refractivity (Wildman–Crippen MR) is 131 cm³/mol. The molecule has 0 radical (unpaired) electrons. The number of hydrogen-bond donors (Lipinski definition) is 2. The van der Waals surface area contributed by atoms with E-state index in [1.165, 1.54) is 6.21 Å². The first-order valence-electron chi connectivity index (χ1n) is 9.82. The Balaban J connectivity index is 1.62. The quantitative estimate of drug-likeness (QED) is 0.199. The number of carbonyl (C=O) groups is 2. The van der Waals surface area contributed by atoms with Crippen LogP contribution in [0.15, 0.2) is 84.0 Å². The minimum Gasteiger partial charge on any atom is -0.466 e. The zero-order valence-electron chi connectivity index (χ0n) is 17.5. The largest absolute Gasteiger partial charge is 0.466 e. The molecule has 0 heterocycles. The minimum absolute atomic E-state index is 0.318. The van der Waals surface area contributed by atoms with Crippen molar-refractivity contribution < 1.29 is 14.3 Å². The topological polar surface area (TPSA) is 79.8 Å². The molecule has 6 nitrogen and oxygen atoms in total. The van der Waals surface area contributed by atoms with E-state index in [1.54, 1.807) is 66.7 Å². The third-order valence-electron chi connectivity index (χ3n) is 4.39. The Morgan fingerprint density at radius 3 is 2.21 bits per heavy atom. The highest BCUT2D eigenvalue weighted by molar-refractivity contribution is 6.68. The van der Waals surface area contributed by atoms with E-state index in [0.29, 0.717) is 22.4 Å². The molecule has 9 heteroatoms. The lowest BCUT2D eigenvalue weighted by Crippen LogP contribution is -2.47. The first-order valence-corrected chi connectivity index (χ1v) is 11.0. The molecule has 0 saturated carbocycles. The molecule has 3 aromatic carbocycles. The summed E-state index contributed by atoms with van der Waals surface area (Å²) < 4.78 is 3.80. The monoisotopic (exact) mass is 503 g/mol. The molecule has 170 valence electrons. The summed E-state index contributed by atoms with van der Waals surface area (Å²) in [7, 11) is 0. The molecule has 1 atom stereocenters. The predicted octanol–water partition coefficient (Wildman–Crippen LogP) is 5.26. The molecule has 0 aromatic heterocycles. The maximum Gasteiger partial charge on any atom is 0.271 e. The van der Waals surface area contributed by atoms with Gasteiger partial charge in [0.15, 0.2) is 0 Å². The van der Waals surface area contributed by atoms with Gasteiger partial charge in [0.2, 0.25) is 10.0 Å². The summed E-state index contributed by atoms with van der Waals surface area (Å²) in [5.41, 5.74) is 5.00. The van der Waals surface area contributed by atoms with Crippen LogP contribution in [-0.2, 0) is 0 Å². The van der Waals surface area contributed by atoms with Crippen molar-refractivity contribution in [3.05, 3.63) is 101 Å². The van der Waals surface area contributed by atoms with Crippen molar-refractivity contribution >= 4 is 52.8 Å². The smallest absolute Gasteiger partial charge is 0.271 e. The zero-order valence-corrected chi connectivity index (χ0v) is 19.7. The molecule has 0 aliphatic heterocycles. The number of aryl methyl sites for hydroxylation is 1. The summed E-state index contributed by atoms with van der Waals surface area (Å²) in [5.74, 6) is -0.393. The third kappa shape index (κ3) is 7.49. The van der Waals surface area contributed by atoms with Gasteiger partial charge in [-0.3, -0.25) is 9.59 Å². The van der Waals surface area contributed by atoms with Gasteiger partial charge in [0.1, 0.15) is 5.75 Å². The molecule has 0 aliphatic rings. The Morgan fingerprint density at radius 2 is 1.58 bits per heavy atom. The number of alkyl halides is 3. The van der Waals surface area contributed by atoms with Crippen LogP contribution in [0.5, 0.6) is 5.75 Å².